The van der Waals surface area contributed by atoms with Crippen LogP contribution in [0.15, 0.2) is 10.6 Å². The Morgan fingerprint density at radius 1 is 1.34 bits per heavy atom. The van der Waals surface area contributed by atoms with Gasteiger partial charge in [-0.25, -0.2) is 4.79 Å². The number of aliphatic hydroxyl groups is 2. The monoisotopic (exact) mass is 468 g/mol. The molecule has 3 fully saturated rings. The Bertz CT molecular complexity index is 835. The number of nitrogens with two attached hydrogens (primary N) is 1. The van der Waals surface area contributed by atoms with Gasteiger partial charge in [-0.2, -0.15) is 0 Å². The summed E-state index contributed by atoms with van der Waals surface area (Å²) in [4.78, 5) is 40.5. The Balaban J connectivity index is 1.38. The van der Waals surface area contributed by atoms with Gasteiger partial charge in [-0.15, -0.1) is 11.8 Å². The minimum Gasteiger partial charge on any atom is -0.477 e. The van der Waals surface area contributed by atoms with Gasteiger partial charge < -0.3 is 36.2 Å². The third kappa shape index (κ3) is 4.05. The Labute approximate surface area is 191 Å². The highest BCUT2D eigenvalue weighted by Gasteiger charge is 2.60. The molecule has 0 aliphatic carbocycles. The third-order valence-electron chi connectivity index (χ3n) is 7.15. The molecule has 4 aliphatic heterocycles. The fraction of sp³-hybridized carbons (Fsp3) is 0.762. The molecule has 0 saturated carbocycles. The van der Waals surface area contributed by atoms with Crippen LogP contribution in [0, 0.1) is 11.8 Å². The van der Waals surface area contributed by atoms with E-state index in [4.69, 9.17) is 5.73 Å². The fourth-order valence-corrected chi connectivity index (χ4v) is 6.93. The molecular weight excluding hydrogens is 436 g/mol. The summed E-state index contributed by atoms with van der Waals surface area (Å²) in [5, 5.41) is 33.6. The molecule has 32 heavy (non-hydrogen) atoms. The number of amides is 2. The Kier molecular flexibility index (Phi) is 6.56. The number of thioether (sulfide) groups is 1. The number of nitrogens with one attached hydrogen (secondary N) is 1. The van der Waals surface area contributed by atoms with Crippen LogP contribution in [0.5, 0.6) is 0 Å². The van der Waals surface area contributed by atoms with Gasteiger partial charge in [0.15, 0.2) is 0 Å². The van der Waals surface area contributed by atoms with Crippen LogP contribution in [-0.2, 0) is 14.4 Å². The standard InChI is InChI=1S/C21H32N4O6S/c1-9-17-16(10(2)26)20(29)25(17)18(21(30)31)19(9)32-12-5-13(23-7-12)14(27)6-15(28)24-4-3-11(22)8-24/h9-14,16-17,23,26-27H,3-8,22H2,1-2H3,(H,30,31)/t9-,10-,11+,12+,13+,14-,16-,17-/m1/s1. The number of carbonyl (C=O) groups is 3. The van der Waals surface area contributed by atoms with Crippen LogP contribution in [0.1, 0.15) is 33.1 Å². The van der Waals surface area contributed by atoms with Gasteiger partial charge in [0.2, 0.25) is 11.8 Å². The number of carboxylic acid groups (broad SMARTS) is 1. The summed E-state index contributed by atoms with van der Waals surface area (Å²) in [6.07, 6.45) is -0.277. The highest BCUT2D eigenvalue weighted by molar-refractivity contribution is 8.03. The molecule has 2 amide bonds. The first-order valence-electron chi connectivity index (χ1n) is 11.2. The van der Waals surface area contributed by atoms with E-state index < -0.39 is 24.1 Å². The van der Waals surface area contributed by atoms with Crippen molar-refractivity contribution in [3.8, 4) is 0 Å². The minimum atomic E-state index is -1.14. The maximum absolute atomic E-state index is 12.5. The molecule has 4 rings (SSSR count). The summed E-state index contributed by atoms with van der Waals surface area (Å²) >= 11 is 1.43. The van der Waals surface area contributed by atoms with E-state index in [1.165, 1.54) is 16.7 Å². The third-order valence-corrected chi connectivity index (χ3v) is 8.67. The summed E-state index contributed by atoms with van der Waals surface area (Å²) in [5.41, 5.74) is 5.87. The first-order chi connectivity index (χ1) is 15.1. The Morgan fingerprint density at radius 2 is 2.06 bits per heavy atom. The molecule has 0 aromatic rings. The van der Waals surface area contributed by atoms with Gasteiger partial charge in [-0.3, -0.25) is 9.59 Å². The quantitative estimate of drug-likeness (QED) is 0.293. The van der Waals surface area contributed by atoms with Crippen molar-refractivity contribution in [3.05, 3.63) is 10.6 Å². The van der Waals surface area contributed by atoms with Gasteiger partial charge in [0.1, 0.15) is 5.70 Å². The lowest BCUT2D eigenvalue weighted by atomic mass is 9.79. The van der Waals surface area contributed by atoms with Crippen LogP contribution in [0.3, 0.4) is 0 Å². The van der Waals surface area contributed by atoms with E-state index >= 15 is 0 Å². The van der Waals surface area contributed by atoms with E-state index in [1.54, 1.807) is 11.8 Å². The van der Waals surface area contributed by atoms with E-state index in [0.717, 1.165) is 6.42 Å². The van der Waals surface area contributed by atoms with Crippen LogP contribution in [0.2, 0.25) is 0 Å². The minimum absolute atomic E-state index is 0.00193. The average molecular weight is 469 g/mol. The molecule has 0 aromatic heterocycles. The number of rotatable bonds is 7. The van der Waals surface area contributed by atoms with Crippen molar-refractivity contribution in [2.75, 3.05) is 19.6 Å². The number of nitrogens with zero attached hydrogens (tertiary/aromatic N) is 2. The summed E-state index contributed by atoms with van der Waals surface area (Å²) < 4.78 is 0. The molecule has 0 aromatic carbocycles. The van der Waals surface area contributed by atoms with Gasteiger partial charge in [-0.1, -0.05) is 6.92 Å². The molecule has 4 heterocycles. The van der Waals surface area contributed by atoms with Gasteiger partial charge in [0.25, 0.3) is 0 Å². The average Bonchev–Trinajstić information content (AvgIpc) is 3.40. The summed E-state index contributed by atoms with van der Waals surface area (Å²) in [7, 11) is 0. The highest BCUT2D eigenvalue weighted by Crippen LogP contribution is 2.51. The number of carboxylic acids is 1. The van der Waals surface area contributed by atoms with Gasteiger partial charge in [-0.05, 0) is 19.8 Å². The van der Waals surface area contributed by atoms with Crippen molar-refractivity contribution in [3.63, 3.8) is 0 Å². The zero-order valence-electron chi connectivity index (χ0n) is 18.3. The molecule has 178 valence electrons. The Hall–Kier alpha value is -1.66. The van der Waals surface area contributed by atoms with Gasteiger partial charge in [0, 0.05) is 47.8 Å². The maximum atomic E-state index is 12.5. The van der Waals surface area contributed by atoms with Gasteiger partial charge >= 0.3 is 5.97 Å². The predicted molar refractivity (Wildman–Crippen MR) is 117 cm³/mol. The fourth-order valence-electron chi connectivity index (χ4n) is 5.44. The molecule has 0 radical (unpaired) electrons. The number of β-lactam (4-membered cyclic amide) rings is 1. The summed E-state index contributed by atoms with van der Waals surface area (Å²) in [6.45, 7) is 5.16. The molecule has 0 bridgehead atoms. The lowest BCUT2D eigenvalue weighted by molar-refractivity contribution is -0.163. The highest BCUT2D eigenvalue weighted by atomic mass is 32.2. The lowest BCUT2D eigenvalue weighted by Crippen LogP contribution is -2.63. The van der Waals surface area contributed by atoms with Crippen LogP contribution >= 0.6 is 11.8 Å². The molecule has 6 N–H and O–H groups in total. The van der Waals surface area contributed by atoms with Crippen LogP contribution in [-0.4, -0.2) is 98.1 Å². The normalized spacial score (nSPS) is 36.3. The number of likely N-dealkylation sites (tertiary alicyclic amines) is 1. The van der Waals surface area contributed by atoms with E-state index in [0.29, 0.717) is 31.0 Å². The van der Waals surface area contributed by atoms with Crippen molar-refractivity contribution in [2.45, 2.75) is 68.7 Å². The van der Waals surface area contributed by atoms with Crippen LogP contribution in [0.4, 0.5) is 0 Å². The number of carbonyl (C=O) groups excluding carboxylic acids is 2. The molecular formula is C21H32N4O6S. The van der Waals surface area contributed by atoms with Crippen molar-refractivity contribution in [1.29, 1.82) is 0 Å². The molecule has 11 heteroatoms. The van der Waals surface area contributed by atoms with Crippen LogP contribution < -0.4 is 11.1 Å². The zero-order valence-corrected chi connectivity index (χ0v) is 19.1. The largest absolute Gasteiger partial charge is 0.477 e. The second-order valence-corrected chi connectivity index (χ2v) is 10.8. The van der Waals surface area contributed by atoms with Crippen molar-refractivity contribution < 1.29 is 29.7 Å². The summed E-state index contributed by atoms with van der Waals surface area (Å²) in [6, 6.07) is -0.601. The number of aliphatic carboxylic acids is 1. The predicted octanol–water partition coefficient (Wildman–Crippen LogP) is -1.09. The second kappa shape index (κ2) is 8.94. The number of hydrogen-bond donors (Lipinski definition) is 5. The van der Waals surface area contributed by atoms with Crippen LogP contribution in [0.25, 0.3) is 0 Å². The van der Waals surface area contributed by atoms with E-state index in [1.807, 2.05) is 6.92 Å². The topological polar surface area (TPSA) is 156 Å². The zero-order chi connectivity index (χ0) is 23.3. The number of aliphatic hydroxyl groups excluding tert-OH is 2. The van der Waals surface area contributed by atoms with E-state index in [-0.39, 0.29) is 53.2 Å². The van der Waals surface area contributed by atoms with E-state index in [9.17, 15) is 29.7 Å². The van der Waals surface area contributed by atoms with Crippen molar-refractivity contribution >= 4 is 29.5 Å². The SMILES string of the molecule is C[C@@H](O)[C@H]1C(=O)N2C(C(=O)O)=C(S[C@@H]3CN[C@H]([C@H](O)CC(=O)N4CC[C@H](N)C4)C3)[C@H](C)[C@H]12. The first-order valence-corrected chi connectivity index (χ1v) is 12.1. The molecule has 0 unspecified atom stereocenters. The molecule has 0 spiro atoms. The summed E-state index contributed by atoms with van der Waals surface area (Å²) in [5.74, 6) is -2.36. The molecule has 4 aliphatic rings. The molecule has 8 atom stereocenters. The molecule has 3 saturated heterocycles. The number of fused-ring (bicyclic) bond motifs is 1. The second-order valence-electron chi connectivity index (χ2n) is 9.42. The maximum Gasteiger partial charge on any atom is 0.353 e. The Morgan fingerprint density at radius 3 is 2.66 bits per heavy atom. The lowest BCUT2D eigenvalue weighted by Gasteiger charge is -2.46. The van der Waals surface area contributed by atoms with Crippen molar-refractivity contribution in [2.24, 2.45) is 17.6 Å². The van der Waals surface area contributed by atoms with E-state index in [2.05, 4.69) is 5.32 Å². The first kappa shape index (κ1) is 23.5. The van der Waals surface area contributed by atoms with Gasteiger partial charge in [0.05, 0.1) is 30.6 Å². The number of hydrogen-bond acceptors (Lipinski definition) is 8. The molecule has 10 nitrogen and oxygen atoms in total. The van der Waals surface area contributed by atoms with Crippen molar-refractivity contribution in [1.82, 2.24) is 15.1 Å². The smallest absolute Gasteiger partial charge is 0.353 e.